The van der Waals surface area contributed by atoms with E-state index in [1.807, 2.05) is 24.3 Å². The maximum Gasteiger partial charge on any atom is 0.335 e. The Morgan fingerprint density at radius 1 is 1.15 bits per heavy atom. The molecule has 1 fully saturated rings. The fourth-order valence-electron chi connectivity index (χ4n) is 2.98. The van der Waals surface area contributed by atoms with Gasteiger partial charge in [-0.1, -0.05) is 32.0 Å². The van der Waals surface area contributed by atoms with Gasteiger partial charge in [-0.3, -0.25) is 9.59 Å². The molecule has 6 heteroatoms. The van der Waals surface area contributed by atoms with Crippen molar-refractivity contribution in [1.29, 1.82) is 0 Å². The number of hydrogen-bond acceptors (Lipinski definition) is 4. The van der Waals surface area contributed by atoms with E-state index in [-0.39, 0.29) is 29.5 Å². The number of carbonyl (C=O) groups excluding carboxylic acids is 2. The first-order valence-corrected chi connectivity index (χ1v) is 8.43. The molecule has 0 aromatic heterocycles. The lowest BCUT2D eigenvalue weighted by atomic mass is 10.0. The van der Waals surface area contributed by atoms with Crippen LogP contribution in [0.15, 0.2) is 48.5 Å². The van der Waals surface area contributed by atoms with Gasteiger partial charge in [0.1, 0.15) is 6.04 Å². The standard InChI is InChI=1S/C20H20N2O4/c1-12(2)13-5-3-7-15(9-13)21-17-11-18(23)22(19(17)24)16-8-4-6-14(10-16)20(25)26/h3-10,12,17,21H,11H2,1-2H3,(H,25,26). The second-order valence-corrected chi connectivity index (χ2v) is 6.60. The molecule has 2 N–H and O–H groups in total. The highest BCUT2D eigenvalue weighted by atomic mass is 16.4. The predicted octanol–water partition coefficient (Wildman–Crippen LogP) is 3.25. The van der Waals surface area contributed by atoms with Gasteiger partial charge in [0, 0.05) is 5.69 Å². The first kappa shape index (κ1) is 17.7. The Labute approximate surface area is 151 Å². The van der Waals surface area contributed by atoms with Gasteiger partial charge in [0.2, 0.25) is 5.91 Å². The van der Waals surface area contributed by atoms with Gasteiger partial charge < -0.3 is 10.4 Å². The van der Waals surface area contributed by atoms with Gasteiger partial charge in [-0.2, -0.15) is 0 Å². The maximum absolute atomic E-state index is 12.7. The van der Waals surface area contributed by atoms with Crippen LogP contribution in [-0.2, 0) is 9.59 Å². The summed E-state index contributed by atoms with van der Waals surface area (Å²) in [7, 11) is 0. The summed E-state index contributed by atoms with van der Waals surface area (Å²) in [5.74, 6) is -1.48. The molecule has 1 saturated heterocycles. The van der Waals surface area contributed by atoms with E-state index < -0.39 is 12.0 Å². The second kappa shape index (κ2) is 7.00. The van der Waals surface area contributed by atoms with Crippen LogP contribution in [0.1, 0.15) is 42.1 Å². The zero-order valence-corrected chi connectivity index (χ0v) is 14.6. The summed E-state index contributed by atoms with van der Waals surface area (Å²) in [6.07, 6.45) is 0.0298. The van der Waals surface area contributed by atoms with Gasteiger partial charge in [0.25, 0.3) is 5.91 Å². The monoisotopic (exact) mass is 352 g/mol. The summed E-state index contributed by atoms with van der Waals surface area (Å²) < 4.78 is 0. The Kier molecular flexibility index (Phi) is 4.75. The number of carbonyl (C=O) groups is 3. The molecule has 2 amide bonds. The zero-order valence-electron chi connectivity index (χ0n) is 14.6. The van der Waals surface area contributed by atoms with Crippen LogP contribution in [0.25, 0.3) is 0 Å². The third kappa shape index (κ3) is 3.44. The number of carboxylic acids is 1. The van der Waals surface area contributed by atoms with E-state index in [2.05, 4.69) is 19.2 Å². The van der Waals surface area contributed by atoms with Crippen molar-refractivity contribution in [1.82, 2.24) is 0 Å². The normalized spacial score (nSPS) is 17.0. The lowest BCUT2D eigenvalue weighted by molar-refractivity contribution is -0.121. The summed E-state index contributed by atoms with van der Waals surface area (Å²) in [6, 6.07) is 12.9. The summed E-state index contributed by atoms with van der Waals surface area (Å²) in [4.78, 5) is 37.3. The van der Waals surface area contributed by atoms with Gasteiger partial charge in [0.15, 0.2) is 0 Å². The van der Waals surface area contributed by atoms with Gasteiger partial charge in [-0.05, 0) is 41.8 Å². The minimum atomic E-state index is -1.11. The number of anilines is 2. The van der Waals surface area contributed by atoms with E-state index in [4.69, 9.17) is 5.11 Å². The van der Waals surface area contributed by atoms with Crippen LogP contribution in [0.5, 0.6) is 0 Å². The first-order valence-electron chi connectivity index (χ1n) is 8.43. The smallest absolute Gasteiger partial charge is 0.335 e. The molecule has 1 aliphatic heterocycles. The Bertz CT molecular complexity index is 876. The van der Waals surface area contributed by atoms with E-state index in [9.17, 15) is 14.4 Å². The molecular weight excluding hydrogens is 332 g/mol. The number of nitrogens with one attached hydrogen (secondary N) is 1. The van der Waals surface area contributed by atoms with Crippen molar-refractivity contribution in [3.8, 4) is 0 Å². The minimum Gasteiger partial charge on any atom is -0.478 e. The fourth-order valence-corrected chi connectivity index (χ4v) is 2.98. The van der Waals surface area contributed by atoms with Crippen molar-refractivity contribution in [3.05, 3.63) is 59.7 Å². The highest BCUT2D eigenvalue weighted by Gasteiger charge is 2.39. The van der Waals surface area contributed by atoms with Crippen molar-refractivity contribution >= 4 is 29.2 Å². The van der Waals surface area contributed by atoms with Crippen LogP contribution < -0.4 is 10.2 Å². The topological polar surface area (TPSA) is 86.7 Å². The molecule has 0 bridgehead atoms. The lowest BCUT2D eigenvalue weighted by Crippen LogP contribution is -2.34. The molecule has 3 rings (SSSR count). The summed E-state index contributed by atoms with van der Waals surface area (Å²) in [5, 5.41) is 12.2. The molecule has 2 aromatic rings. The van der Waals surface area contributed by atoms with Crippen LogP contribution in [0.3, 0.4) is 0 Å². The molecule has 0 spiro atoms. The third-order valence-electron chi connectivity index (χ3n) is 4.39. The Balaban J connectivity index is 1.82. The number of nitrogens with zero attached hydrogens (tertiary/aromatic N) is 1. The van der Waals surface area contributed by atoms with Crippen molar-refractivity contribution in [3.63, 3.8) is 0 Å². The molecule has 6 nitrogen and oxygen atoms in total. The predicted molar refractivity (Wildman–Crippen MR) is 98.5 cm³/mol. The Hall–Kier alpha value is -3.15. The van der Waals surface area contributed by atoms with Crippen LogP contribution in [-0.4, -0.2) is 28.9 Å². The maximum atomic E-state index is 12.7. The first-order chi connectivity index (χ1) is 12.4. The SMILES string of the molecule is CC(C)c1cccc(NC2CC(=O)N(c3cccc(C(=O)O)c3)C2=O)c1. The van der Waals surface area contributed by atoms with E-state index in [0.717, 1.165) is 16.2 Å². The summed E-state index contributed by atoms with van der Waals surface area (Å²) in [5.41, 5.74) is 2.23. The van der Waals surface area contributed by atoms with Crippen molar-refractivity contribution in [2.45, 2.75) is 32.2 Å². The number of aromatic carboxylic acids is 1. The highest BCUT2D eigenvalue weighted by Crippen LogP contribution is 2.27. The summed E-state index contributed by atoms with van der Waals surface area (Å²) >= 11 is 0. The number of hydrogen-bond donors (Lipinski definition) is 2. The van der Waals surface area contributed by atoms with Gasteiger partial charge >= 0.3 is 5.97 Å². The number of benzene rings is 2. The number of amides is 2. The van der Waals surface area contributed by atoms with E-state index in [1.54, 1.807) is 6.07 Å². The van der Waals surface area contributed by atoms with Crippen LogP contribution in [0.2, 0.25) is 0 Å². The molecule has 0 radical (unpaired) electrons. The van der Waals surface area contributed by atoms with Gasteiger partial charge in [-0.15, -0.1) is 0 Å². The lowest BCUT2D eigenvalue weighted by Gasteiger charge is -2.17. The molecular formula is C20H20N2O4. The largest absolute Gasteiger partial charge is 0.478 e. The average Bonchev–Trinajstić information content (AvgIpc) is 2.88. The molecule has 0 saturated carbocycles. The number of rotatable bonds is 5. The van der Waals surface area contributed by atoms with E-state index >= 15 is 0 Å². The molecule has 2 aromatic carbocycles. The zero-order chi connectivity index (χ0) is 18.8. The highest BCUT2D eigenvalue weighted by molar-refractivity contribution is 6.23. The second-order valence-electron chi connectivity index (χ2n) is 6.60. The van der Waals surface area contributed by atoms with Gasteiger partial charge in [-0.25, -0.2) is 9.69 Å². The van der Waals surface area contributed by atoms with E-state index in [0.29, 0.717) is 5.92 Å². The van der Waals surface area contributed by atoms with Crippen molar-refractivity contribution in [2.75, 3.05) is 10.2 Å². The molecule has 0 aliphatic carbocycles. The van der Waals surface area contributed by atoms with Gasteiger partial charge in [0.05, 0.1) is 17.7 Å². The Morgan fingerprint density at radius 2 is 1.88 bits per heavy atom. The number of imide groups is 1. The molecule has 134 valence electrons. The molecule has 1 unspecified atom stereocenters. The van der Waals surface area contributed by atoms with E-state index in [1.165, 1.54) is 18.2 Å². The average molecular weight is 352 g/mol. The fraction of sp³-hybridized carbons (Fsp3) is 0.250. The van der Waals surface area contributed by atoms with Crippen molar-refractivity contribution in [2.24, 2.45) is 0 Å². The van der Waals surface area contributed by atoms with Crippen LogP contribution in [0.4, 0.5) is 11.4 Å². The molecule has 1 atom stereocenters. The third-order valence-corrected chi connectivity index (χ3v) is 4.39. The minimum absolute atomic E-state index is 0.0298. The quantitative estimate of drug-likeness (QED) is 0.807. The molecule has 1 aliphatic rings. The molecule has 1 heterocycles. The van der Waals surface area contributed by atoms with Crippen LogP contribution in [0, 0.1) is 0 Å². The molecule has 26 heavy (non-hydrogen) atoms. The van der Waals surface area contributed by atoms with Crippen molar-refractivity contribution < 1.29 is 19.5 Å². The summed E-state index contributed by atoms with van der Waals surface area (Å²) in [6.45, 7) is 4.17. The Morgan fingerprint density at radius 3 is 2.58 bits per heavy atom. The number of carboxylic acid groups (broad SMARTS) is 1. The van der Waals surface area contributed by atoms with Crippen LogP contribution >= 0.6 is 0 Å².